The van der Waals surface area contributed by atoms with Crippen LogP contribution >= 0.6 is 0 Å². The number of pyridine rings is 1. The fourth-order valence-electron chi connectivity index (χ4n) is 4.18. The highest BCUT2D eigenvalue weighted by molar-refractivity contribution is 5.94. The molecule has 6 heteroatoms. The topological polar surface area (TPSA) is 88.7 Å². The van der Waals surface area contributed by atoms with Crippen molar-refractivity contribution in [3.63, 3.8) is 0 Å². The SMILES string of the molecule is Nc1ccc(C(=O)N2CCC3(CC2)C[C@H](O)C[C@H](c2ccccc2)O3)cn1. The van der Waals surface area contributed by atoms with E-state index in [1.807, 2.05) is 35.2 Å². The first-order chi connectivity index (χ1) is 13.0. The van der Waals surface area contributed by atoms with E-state index in [1.165, 1.54) is 6.20 Å². The molecule has 2 aliphatic heterocycles. The van der Waals surface area contributed by atoms with Gasteiger partial charge in [0.2, 0.25) is 0 Å². The Morgan fingerprint density at radius 3 is 2.59 bits per heavy atom. The highest BCUT2D eigenvalue weighted by atomic mass is 16.5. The molecule has 27 heavy (non-hydrogen) atoms. The number of amides is 1. The first-order valence-corrected chi connectivity index (χ1v) is 9.46. The molecule has 2 fully saturated rings. The van der Waals surface area contributed by atoms with E-state index >= 15 is 0 Å². The summed E-state index contributed by atoms with van der Waals surface area (Å²) < 4.78 is 6.49. The van der Waals surface area contributed by atoms with Gasteiger partial charge in [-0.2, -0.15) is 0 Å². The lowest BCUT2D eigenvalue weighted by molar-refractivity contribution is -0.181. The monoisotopic (exact) mass is 367 g/mol. The molecule has 3 heterocycles. The molecule has 2 aromatic rings. The summed E-state index contributed by atoms with van der Waals surface area (Å²) in [5, 5.41) is 10.5. The number of hydrogen-bond donors (Lipinski definition) is 2. The molecule has 0 aliphatic carbocycles. The number of aliphatic hydroxyl groups is 1. The van der Waals surface area contributed by atoms with Gasteiger partial charge in [0.15, 0.2) is 0 Å². The molecule has 3 N–H and O–H groups in total. The number of piperidine rings is 1. The zero-order chi connectivity index (χ0) is 18.9. The summed E-state index contributed by atoms with van der Waals surface area (Å²) in [6, 6.07) is 13.4. The Hall–Kier alpha value is -2.44. The molecular weight excluding hydrogens is 342 g/mol. The number of carbonyl (C=O) groups is 1. The van der Waals surface area contributed by atoms with E-state index in [0.717, 1.165) is 18.4 Å². The number of anilines is 1. The number of nitrogens with two attached hydrogens (primary N) is 1. The number of nitrogens with zero attached hydrogens (tertiary/aromatic N) is 2. The van der Waals surface area contributed by atoms with E-state index < -0.39 is 0 Å². The van der Waals surface area contributed by atoms with Crippen LogP contribution in [0, 0.1) is 0 Å². The molecule has 6 nitrogen and oxygen atoms in total. The second kappa shape index (κ2) is 7.29. The third-order valence-electron chi connectivity index (χ3n) is 5.65. The van der Waals surface area contributed by atoms with Gasteiger partial charge in [-0.15, -0.1) is 0 Å². The van der Waals surface area contributed by atoms with Crippen molar-refractivity contribution < 1.29 is 14.6 Å². The molecule has 0 bridgehead atoms. The summed E-state index contributed by atoms with van der Waals surface area (Å²) in [6.45, 7) is 1.22. The Morgan fingerprint density at radius 1 is 1.19 bits per heavy atom. The van der Waals surface area contributed by atoms with E-state index in [0.29, 0.717) is 37.3 Å². The largest absolute Gasteiger partial charge is 0.393 e. The van der Waals surface area contributed by atoms with Gasteiger partial charge in [0, 0.05) is 32.1 Å². The van der Waals surface area contributed by atoms with Gasteiger partial charge < -0.3 is 20.5 Å². The lowest BCUT2D eigenvalue weighted by Crippen LogP contribution is -2.52. The fraction of sp³-hybridized carbons (Fsp3) is 0.429. The van der Waals surface area contributed by atoms with Crippen LogP contribution in [0.15, 0.2) is 48.7 Å². The maximum Gasteiger partial charge on any atom is 0.255 e. The summed E-state index contributed by atoms with van der Waals surface area (Å²) in [4.78, 5) is 18.5. The van der Waals surface area contributed by atoms with E-state index in [4.69, 9.17) is 10.5 Å². The van der Waals surface area contributed by atoms with Crippen LogP contribution in [0.1, 0.15) is 47.7 Å². The van der Waals surface area contributed by atoms with Crippen LogP contribution in [-0.2, 0) is 4.74 Å². The van der Waals surface area contributed by atoms with Crippen molar-refractivity contribution in [1.82, 2.24) is 9.88 Å². The molecule has 1 amide bonds. The number of nitrogen functional groups attached to an aromatic ring is 1. The number of rotatable bonds is 2. The van der Waals surface area contributed by atoms with Gasteiger partial charge in [0.25, 0.3) is 5.91 Å². The summed E-state index contributed by atoms with van der Waals surface area (Å²) in [7, 11) is 0. The van der Waals surface area contributed by atoms with Crippen molar-refractivity contribution in [3.05, 3.63) is 59.8 Å². The second-order valence-electron chi connectivity index (χ2n) is 7.56. The Bertz CT molecular complexity index is 786. The minimum atomic E-state index is -0.382. The van der Waals surface area contributed by atoms with Crippen LogP contribution in [0.5, 0.6) is 0 Å². The third kappa shape index (κ3) is 3.82. The van der Waals surface area contributed by atoms with Crippen LogP contribution in [0.2, 0.25) is 0 Å². The van der Waals surface area contributed by atoms with Crippen LogP contribution in [0.25, 0.3) is 0 Å². The molecule has 0 unspecified atom stereocenters. The number of ether oxygens (including phenoxy) is 1. The van der Waals surface area contributed by atoms with Crippen LogP contribution in [-0.4, -0.2) is 45.7 Å². The average Bonchev–Trinajstić information content (AvgIpc) is 2.69. The van der Waals surface area contributed by atoms with Crippen molar-refractivity contribution in [2.75, 3.05) is 18.8 Å². The number of benzene rings is 1. The smallest absolute Gasteiger partial charge is 0.255 e. The number of likely N-dealkylation sites (tertiary alicyclic amines) is 1. The first kappa shape index (κ1) is 17.9. The van der Waals surface area contributed by atoms with E-state index in [9.17, 15) is 9.90 Å². The summed E-state index contributed by atoms with van der Waals surface area (Å²) in [6.07, 6.45) is 3.73. The molecule has 1 spiro atoms. The van der Waals surface area contributed by atoms with Crippen LogP contribution in [0.3, 0.4) is 0 Å². The molecule has 1 aromatic carbocycles. The Kier molecular flexibility index (Phi) is 4.85. The lowest BCUT2D eigenvalue weighted by atomic mass is 9.81. The molecule has 0 radical (unpaired) electrons. The van der Waals surface area contributed by atoms with Crippen molar-refractivity contribution in [2.24, 2.45) is 0 Å². The standard InChI is InChI=1S/C21H25N3O3/c22-19-7-6-16(14-23-19)20(26)24-10-8-21(9-11-24)13-17(25)12-18(27-21)15-4-2-1-3-5-15/h1-7,14,17-18,25H,8-13H2,(H2,22,23)/t17-,18-/m1/s1. The van der Waals surface area contributed by atoms with Crippen molar-refractivity contribution in [1.29, 1.82) is 0 Å². The van der Waals surface area contributed by atoms with E-state index in [-0.39, 0.29) is 23.7 Å². The first-order valence-electron chi connectivity index (χ1n) is 9.46. The maximum atomic E-state index is 12.7. The van der Waals surface area contributed by atoms with E-state index in [1.54, 1.807) is 12.1 Å². The second-order valence-corrected chi connectivity index (χ2v) is 7.56. The average molecular weight is 367 g/mol. The maximum absolute atomic E-state index is 12.7. The van der Waals surface area contributed by atoms with Gasteiger partial charge in [-0.05, 0) is 30.5 Å². The van der Waals surface area contributed by atoms with Gasteiger partial charge in [-0.1, -0.05) is 30.3 Å². The van der Waals surface area contributed by atoms with Gasteiger partial charge in [-0.25, -0.2) is 4.98 Å². The van der Waals surface area contributed by atoms with E-state index in [2.05, 4.69) is 4.98 Å². The zero-order valence-electron chi connectivity index (χ0n) is 15.3. The van der Waals surface area contributed by atoms with Gasteiger partial charge >= 0.3 is 0 Å². The Balaban J connectivity index is 1.44. The number of hydrogen-bond acceptors (Lipinski definition) is 5. The Labute approximate surface area is 159 Å². The number of aliphatic hydroxyl groups excluding tert-OH is 1. The van der Waals surface area contributed by atoms with Crippen molar-refractivity contribution in [2.45, 2.75) is 43.5 Å². The third-order valence-corrected chi connectivity index (χ3v) is 5.65. The molecular formula is C21H25N3O3. The van der Waals surface area contributed by atoms with Gasteiger partial charge in [0.05, 0.1) is 23.4 Å². The number of carbonyl (C=O) groups excluding carboxylic acids is 1. The molecule has 4 rings (SSSR count). The quantitative estimate of drug-likeness (QED) is 0.852. The molecule has 2 saturated heterocycles. The zero-order valence-corrected chi connectivity index (χ0v) is 15.3. The highest BCUT2D eigenvalue weighted by Gasteiger charge is 2.44. The molecule has 142 valence electrons. The van der Waals surface area contributed by atoms with Crippen LogP contribution < -0.4 is 5.73 Å². The van der Waals surface area contributed by atoms with Crippen molar-refractivity contribution in [3.8, 4) is 0 Å². The fourth-order valence-corrected chi connectivity index (χ4v) is 4.18. The summed E-state index contributed by atoms with van der Waals surface area (Å²) >= 11 is 0. The molecule has 2 aliphatic rings. The lowest BCUT2D eigenvalue weighted by Gasteiger charge is -2.48. The normalized spacial score (nSPS) is 24.7. The molecule has 1 aromatic heterocycles. The van der Waals surface area contributed by atoms with Gasteiger partial charge in [0.1, 0.15) is 5.82 Å². The Morgan fingerprint density at radius 2 is 1.93 bits per heavy atom. The predicted octanol–water partition coefficient (Wildman–Crippen LogP) is 2.55. The molecule has 2 atom stereocenters. The van der Waals surface area contributed by atoms with Crippen molar-refractivity contribution >= 4 is 11.7 Å². The summed E-state index contributed by atoms with van der Waals surface area (Å²) in [5.74, 6) is 0.369. The predicted molar refractivity (Wildman–Crippen MR) is 102 cm³/mol. The number of aromatic nitrogens is 1. The molecule has 0 saturated carbocycles. The van der Waals surface area contributed by atoms with Crippen LogP contribution in [0.4, 0.5) is 5.82 Å². The minimum Gasteiger partial charge on any atom is -0.393 e. The van der Waals surface area contributed by atoms with Gasteiger partial charge in [-0.3, -0.25) is 4.79 Å². The highest BCUT2D eigenvalue weighted by Crippen LogP contribution is 2.43. The minimum absolute atomic E-state index is 0.0340. The summed E-state index contributed by atoms with van der Waals surface area (Å²) in [5.41, 5.74) is 6.88.